The molecule has 2 aromatic rings. The Kier molecular flexibility index (Phi) is 4.91. The summed E-state index contributed by atoms with van der Waals surface area (Å²) in [5, 5.41) is 0.437. The van der Waals surface area contributed by atoms with Gasteiger partial charge in [-0.25, -0.2) is 4.79 Å². The summed E-state index contributed by atoms with van der Waals surface area (Å²) in [5.41, 5.74) is 1.52. The SMILES string of the molecule is COc1ccccc1COC(=O)/C=C/c1cc(Cl)c2c(c1)OCO2. The third-order valence-corrected chi connectivity index (χ3v) is 3.70. The third-order valence-electron chi connectivity index (χ3n) is 3.42. The van der Waals surface area contributed by atoms with Gasteiger partial charge in [-0.1, -0.05) is 29.8 Å². The second-order valence-electron chi connectivity index (χ2n) is 4.99. The Morgan fingerprint density at radius 2 is 2.12 bits per heavy atom. The van der Waals surface area contributed by atoms with Gasteiger partial charge in [0.25, 0.3) is 0 Å². The molecule has 0 atom stereocenters. The lowest BCUT2D eigenvalue weighted by Gasteiger charge is -2.07. The predicted octanol–water partition coefficient (Wildman–Crippen LogP) is 3.83. The van der Waals surface area contributed by atoms with Crippen molar-refractivity contribution in [1.82, 2.24) is 0 Å². The molecule has 1 aliphatic heterocycles. The van der Waals surface area contributed by atoms with Crippen molar-refractivity contribution in [2.24, 2.45) is 0 Å². The average Bonchev–Trinajstić information content (AvgIpc) is 3.07. The number of benzene rings is 2. The van der Waals surface area contributed by atoms with E-state index in [0.717, 1.165) is 11.1 Å². The van der Waals surface area contributed by atoms with E-state index in [2.05, 4.69) is 0 Å². The molecule has 24 heavy (non-hydrogen) atoms. The average molecular weight is 347 g/mol. The zero-order valence-electron chi connectivity index (χ0n) is 13.0. The van der Waals surface area contributed by atoms with Gasteiger partial charge in [0, 0.05) is 11.6 Å². The zero-order valence-corrected chi connectivity index (χ0v) is 13.7. The molecule has 0 aromatic heterocycles. The molecule has 124 valence electrons. The first-order valence-electron chi connectivity index (χ1n) is 7.23. The first kappa shape index (κ1) is 16.2. The summed E-state index contributed by atoms with van der Waals surface area (Å²) < 4.78 is 21.0. The number of hydrogen-bond acceptors (Lipinski definition) is 5. The van der Waals surface area contributed by atoms with E-state index in [4.69, 9.17) is 30.5 Å². The van der Waals surface area contributed by atoms with E-state index < -0.39 is 5.97 Å². The Labute approximate surface area is 144 Å². The number of ether oxygens (including phenoxy) is 4. The van der Waals surface area contributed by atoms with Crippen molar-refractivity contribution in [3.05, 3.63) is 58.6 Å². The van der Waals surface area contributed by atoms with Crippen molar-refractivity contribution in [1.29, 1.82) is 0 Å². The van der Waals surface area contributed by atoms with Crippen LogP contribution in [0, 0.1) is 0 Å². The van der Waals surface area contributed by atoms with Gasteiger partial charge in [0.1, 0.15) is 12.4 Å². The van der Waals surface area contributed by atoms with Gasteiger partial charge in [-0.15, -0.1) is 0 Å². The minimum Gasteiger partial charge on any atom is -0.496 e. The van der Waals surface area contributed by atoms with Crippen LogP contribution in [-0.2, 0) is 16.1 Å². The van der Waals surface area contributed by atoms with Crippen LogP contribution < -0.4 is 14.2 Å². The second kappa shape index (κ2) is 7.27. The molecule has 2 aromatic carbocycles. The summed E-state index contributed by atoms with van der Waals surface area (Å²) in [6, 6.07) is 10.8. The molecule has 6 heteroatoms. The van der Waals surface area contributed by atoms with E-state index in [9.17, 15) is 4.79 Å². The molecular formula is C18H15ClO5. The molecule has 0 saturated heterocycles. The molecule has 3 rings (SSSR count). The topological polar surface area (TPSA) is 54.0 Å². The fraction of sp³-hybridized carbons (Fsp3) is 0.167. The summed E-state index contributed by atoms with van der Waals surface area (Å²) >= 11 is 6.10. The summed E-state index contributed by atoms with van der Waals surface area (Å²) in [7, 11) is 1.57. The van der Waals surface area contributed by atoms with Crippen LogP contribution in [0.2, 0.25) is 5.02 Å². The van der Waals surface area contributed by atoms with E-state index in [-0.39, 0.29) is 13.4 Å². The van der Waals surface area contributed by atoms with Crippen LogP contribution in [0.5, 0.6) is 17.2 Å². The second-order valence-corrected chi connectivity index (χ2v) is 5.40. The van der Waals surface area contributed by atoms with Gasteiger partial charge in [0.05, 0.1) is 12.1 Å². The van der Waals surface area contributed by atoms with E-state index in [1.165, 1.54) is 6.08 Å². The molecule has 0 spiro atoms. The van der Waals surface area contributed by atoms with Crippen LogP contribution in [0.1, 0.15) is 11.1 Å². The minimum absolute atomic E-state index is 0.134. The Bertz CT molecular complexity index is 785. The van der Waals surface area contributed by atoms with Gasteiger partial charge in [-0.2, -0.15) is 0 Å². The van der Waals surface area contributed by atoms with Gasteiger partial charge in [-0.05, 0) is 29.8 Å². The molecule has 0 N–H and O–H groups in total. The molecule has 5 nitrogen and oxygen atoms in total. The van der Waals surface area contributed by atoms with Crippen LogP contribution in [0.3, 0.4) is 0 Å². The van der Waals surface area contributed by atoms with Gasteiger partial charge in [0.2, 0.25) is 6.79 Å². The highest BCUT2D eigenvalue weighted by Gasteiger charge is 2.17. The number of hydrogen-bond donors (Lipinski definition) is 0. The van der Waals surface area contributed by atoms with Gasteiger partial charge >= 0.3 is 5.97 Å². The van der Waals surface area contributed by atoms with Crippen LogP contribution in [0.15, 0.2) is 42.5 Å². The maximum absolute atomic E-state index is 11.9. The van der Waals surface area contributed by atoms with Gasteiger partial charge < -0.3 is 18.9 Å². The quantitative estimate of drug-likeness (QED) is 0.608. The number of carbonyl (C=O) groups is 1. The maximum atomic E-state index is 11.9. The van der Waals surface area contributed by atoms with E-state index in [1.54, 1.807) is 25.3 Å². The lowest BCUT2D eigenvalue weighted by atomic mass is 10.2. The summed E-state index contributed by atoms with van der Waals surface area (Å²) in [5.74, 6) is 1.30. The number of fused-ring (bicyclic) bond motifs is 1. The minimum atomic E-state index is -0.463. The number of methoxy groups -OCH3 is 1. The number of para-hydroxylation sites is 1. The van der Waals surface area contributed by atoms with Crippen molar-refractivity contribution < 1.29 is 23.7 Å². The lowest BCUT2D eigenvalue weighted by Crippen LogP contribution is -2.02. The monoisotopic (exact) mass is 346 g/mol. The van der Waals surface area contributed by atoms with Crippen molar-refractivity contribution in [2.75, 3.05) is 13.9 Å². The van der Waals surface area contributed by atoms with Gasteiger partial charge in [0.15, 0.2) is 11.5 Å². The smallest absolute Gasteiger partial charge is 0.331 e. The Balaban J connectivity index is 1.63. The highest BCUT2D eigenvalue weighted by molar-refractivity contribution is 6.32. The predicted molar refractivity (Wildman–Crippen MR) is 89.4 cm³/mol. The highest BCUT2D eigenvalue weighted by atomic mass is 35.5. The third kappa shape index (κ3) is 3.63. The molecule has 0 fully saturated rings. The molecule has 0 saturated carbocycles. The molecule has 1 aliphatic rings. The zero-order chi connectivity index (χ0) is 16.9. The molecule has 0 bridgehead atoms. The molecule has 0 radical (unpaired) electrons. The van der Waals surface area contributed by atoms with Crippen LogP contribution >= 0.6 is 11.6 Å². The fourth-order valence-corrected chi connectivity index (χ4v) is 2.54. The van der Waals surface area contributed by atoms with Crippen molar-refractivity contribution in [3.8, 4) is 17.2 Å². The van der Waals surface area contributed by atoms with E-state index in [0.29, 0.717) is 22.3 Å². The number of rotatable bonds is 5. The molecule has 1 heterocycles. The van der Waals surface area contributed by atoms with Crippen molar-refractivity contribution in [3.63, 3.8) is 0 Å². The molecule has 0 aliphatic carbocycles. The fourth-order valence-electron chi connectivity index (χ4n) is 2.27. The number of halogens is 1. The summed E-state index contributed by atoms with van der Waals surface area (Å²) in [6.07, 6.45) is 2.95. The lowest BCUT2D eigenvalue weighted by molar-refractivity contribution is -0.138. The molecule has 0 amide bonds. The Hall–Kier alpha value is -2.66. The Morgan fingerprint density at radius 3 is 2.96 bits per heavy atom. The van der Waals surface area contributed by atoms with Crippen molar-refractivity contribution in [2.45, 2.75) is 6.61 Å². The standard InChI is InChI=1S/C18H15ClO5/c1-21-15-5-3-2-4-13(15)10-22-17(20)7-6-12-8-14(19)18-16(9-12)23-11-24-18/h2-9H,10-11H2,1H3/b7-6+. The van der Waals surface area contributed by atoms with Gasteiger partial charge in [-0.3, -0.25) is 0 Å². The van der Waals surface area contributed by atoms with Crippen LogP contribution in [0.25, 0.3) is 6.08 Å². The molecular weight excluding hydrogens is 332 g/mol. The number of carbonyl (C=O) groups excluding carboxylic acids is 1. The highest BCUT2D eigenvalue weighted by Crippen LogP contribution is 2.40. The summed E-state index contributed by atoms with van der Waals surface area (Å²) in [4.78, 5) is 11.9. The Morgan fingerprint density at radius 1 is 1.29 bits per heavy atom. The van der Waals surface area contributed by atoms with Crippen LogP contribution in [0.4, 0.5) is 0 Å². The summed E-state index contributed by atoms with van der Waals surface area (Å²) in [6.45, 7) is 0.276. The van der Waals surface area contributed by atoms with Crippen LogP contribution in [-0.4, -0.2) is 19.9 Å². The maximum Gasteiger partial charge on any atom is 0.331 e. The van der Waals surface area contributed by atoms with Crippen molar-refractivity contribution >= 4 is 23.6 Å². The first-order chi connectivity index (χ1) is 11.7. The largest absolute Gasteiger partial charge is 0.496 e. The number of esters is 1. The molecule has 0 unspecified atom stereocenters. The van der Waals surface area contributed by atoms with E-state index in [1.807, 2.05) is 24.3 Å². The normalized spacial score (nSPS) is 12.4. The van der Waals surface area contributed by atoms with E-state index >= 15 is 0 Å². The first-order valence-corrected chi connectivity index (χ1v) is 7.61.